The SMILES string of the molecule is CCCNCc1nnnn1CC1CCOC1C. The maximum absolute atomic E-state index is 5.56. The first-order valence-corrected chi connectivity index (χ1v) is 6.38. The molecule has 0 bridgehead atoms. The minimum atomic E-state index is 0.315. The van der Waals surface area contributed by atoms with E-state index < -0.39 is 0 Å². The lowest BCUT2D eigenvalue weighted by molar-refractivity contribution is 0.100. The fourth-order valence-corrected chi connectivity index (χ4v) is 2.11. The van der Waals surface area contributed by atoms with Crippen LogP contribution in [0.1, 0.15) is 32.5 Å². The van der Waals surface area contributed by atoms with Crippen LogP contribution in [-0.2, 0) is 17.8 Å². The van der Waals surface area contributed by atoms with Crippen LogP contribution in [0.15, 0.2) is 0 Å². The monoisotopic (exact) mass is 239 g/mol. The van der Waals surface area contributed by atoms with Crippen molar-refractivity contribution < 1.29 is 4.74 Å². The highest BCUT2D eigenvalue weighted by Crippen LogP contribution is 2.21. The highest BCUT2D eigenvalue weighted by Gasteiger charge is 2.25. The van der Waals surface area contributed by atoms with Gasteiger partial charge in [0.05, 0.1) is 19.2 Å². The minimum Gasteiger partial charge on any atom is -0.378 e. The number of nitrogens with zero attached hydrogens (tertiary/aromatic N) is 4. The Hall–Kier alpha value is -1.01. The quantitative estimate of drug-likeness (QED) is 0.736. The van der Waals surface area contributed by atoms with Crippen LogP contribution >= 0.6 is 0 Å². The van der Waals surface area contributed by atoms with Gasteiger partial charge in [-0.15, -0.1) is 5.10 Å². The molecule has 1 aliphatic heterocycles. The van der Waals surface area contributed by atoms with Crippen molar-refractivity contribution in [1.82, 2.24) is 25.5 Å². The number of hydrogen-bond donors (Lipinski definition) is 1. The summed E-state index contributed by atoms with van der Waals surface area (Å²) in [4.78, 5) is 0. The molecule has 2 rings (SSSR count). The van der Waals surface area contributed by atoms with Crippen LogP contribution in [0, 0.1) is 5.92 Å². The van der Waals surface area contributed by atoms with Gasteiger partial charge in [0.2, 0.25) is 0 Å². The average Bonchev–Trinajstić information content (AvgIpc) is 2.91. The van der Waals surface area contributed by atoms with Gasteiger partial charge in [0.25, 0.3) is 0 Å². The highest BCUT2D eigenvalue weighted by molar-refractivity contribution is 4.82. The van der Waals surface area contributed by atoms with Gasteiger partial charge in [0.1, 0.15) is 0 Å². The summed E-state index contributed by atoms with van der Waals surface area (Å²) < 4.78 is 7.46. The Bertz CT molecular complexity index is 340. The van der Waals surface area contributed by atoms with E-state index in [-0.39, 0.29) is 0 Å². The Morgan fingerprint density at radius 1 is 1.53 bits per heavy atom. The van der Waals surface area contributed by atoms with E-state index >= 15 is 0 Å². The van der Waals surface area contributed by atoms with Crippen LogP contribution < -0.4 is 5.32 Å². The van der Waals surface area contributed by atoms with E-state index in [1.165, 1.54) is 0 Å². The molecule has 1 aromatic heterocycles. The summed E-state index contributed by atoms with van der Waals surface area (Å²) in [6, 6.07) is 0. The van der Waals surface area contributed by atoms with Gasteiger partial charge in [0, 0.05) is 12.5 Å². The van der Waals surface area contributed by atoms with Crippen molar-refractivity contribution in [2.24, 2.45) is 5.92 Å². The summed E-state index contributed by atoms with van der Waals surface area (Å²) in [5.74, 6) is 1.45. The number of rotatable bonds is 6. The maximum Gasteiger partial charge on any atom is 0.165 e. The predicted octanol–water partition coefficient (Wildman–Crippen LogP) is 0.598. The summed E-state index contributed by atoms with van der Waals surface area (Å²) in [5, 5.41) is 15.2. The molecule has 0 aromatic carbocycles. The van der Waals surface area contributed by atoms with E-state index in [1.807, 2.05) is 4.68 Å². The fourth-order valence-electron chi connectivity index (χ4n) is 2.11. The Morgan fingerprint density at radius 3 is 3.12 bits per heavy atom. The Balaban J connectivity index is 1.89. The molecule has 1 saturated heterocycles. The molecule has 2 unspecified atom stereocenters. The van der Waals surface area contributed by atoms with E-state index in [4.69, 9.17) is 4.74 Å². The molecule has 1 aromatic rings. The highest BCUT2D eigenvalue weighted by atomic mass is 16.5. The molecular weight excluding hydrogens is 218 g/mol. The second-order valence-electron chi connectivity index (χ2n) is 4.58. The molecule has 0 radical (unpaired) electrons. The van der Waals surface area contributed by atoms with Gasteiger partial charge >= 0.3 is 0 Å². The molecule has 2 heterocycles. The number of nitrogens with one attached hydrogen (secondary N) is 1. The molecule has 96 valence electrons. The summed E-state index contributed by atoms with van der Waals surface area (Å²) >= 11 is 0. The van der Waals surface area contributed by atoms with Crippen LogP contribution in [0.3, 0.4) is 0 Å². The second kappa shape index (κ2) is 6.07. The van der Waals surface area contributed by atoms with Crippen molar-refractivity contribution in [3.8, 4) is 0 Å². The summed E-state index contributed by atoms with van der Waals surface area (Å²) in [7, 11) is 0. The van der Waals surface area contributed by atoms with Crippen LogP contribution in [-0.4, -0.2) is 39.5 Å². The zero-order valence-corrected chi connectivity index (χ0v) is 10.6. The normalized spacial score (nSPS) is 24.4. The minimum absolute atomic E-state index is 0.315. The van der Waals surface area contributed by atoms with Gasteiger partial charge in [-0.05, 0) is 36.7 Å². The van der Waals surface area contributed by atoms with Crippen molar-refractivity contribution in [3.63, 3.8) is 0 Å². The van der Waals surface area contributed by atoms with E-state index in [1.54, 1.807) is 0 Å². The smallest absolute Gasteiger partial charge is 0.165 e. The van der Waals surface area contributed by atoms with E-state index in [9.17, 15) is 0 Å². The largest absolute Gasteiger partial charge is 0.378 e. The zero-order chi connectivity index (χ0) is 12.1. The van der Waals surface area contributed by atoms with Gasteiger partial charge in [0.15, 0.2) is 5.82 Å². The van der Waals surface area contributed by atoms with Gasteiger partial charge < -0.3 is 10.1 Å². The summed E-state index contributed by atoms with van der Waals surface area (Å²) in [5.41, 5.74) is 0. The van der Waals surface area contributed by atoms with E-state index in [0.717, 1.165) is 44.9 Å². The summed E-state index contributed by atoms with van der Waals surface area (Å²) in [6.45, 7) is 7.72. The van der Waals surface area contributed by atoms with Crippen molar-refractivity contribution in [3.05, 3.63) is 5.82 Å². The Kier molecular flexibility index (Phi) is 4.44. The lowest BCUT2D eigenvalue weighted by Gasteiger charge is -2.14. The van der Waals surface area contributed by atoms with Crippen LogP contribution in [0.2, 0.25) is 0 Å². The molecule has 1 fully saturated rings. The molecule has 0 amide bonds. The standard InChI is InChI=1S/C11H21N5O/c1-3-5-12-7-11-13-14-15-16(11)8-10-4-6-17-9(10)2/h9-10,12H,3-8H2,1-2H3. The maximum atomic E-state index is 5.56. The lowest BCUT2D eigenvalue weighted by atomic mass is 10.0. The number of tetrazole rings is 1. The first kappa shape index (κ1) is 12.4. The molecule has 1 N–H and O–H groups in total. The third-order valence-electron chi connectivity index (χ3n) is 3.26. The lowest BCUT2D eigenvalue weighted by Crippen LogP contribution is -2.23. The fraction of sp³-hybridized carbons (Fsp3) is 0.909. The van der Waals surface area contributed by atoms with Crippen molar-refractivity contribution in [2.45, 2.75) is 45.9 Å². The molecule has 2 atom stereocenters. The Morgan fingerprint density at radius 2 is 2.41 bits per heavy atom. The third-order valence-corrected chi connectivity index (χ3v) is 3.26. The van der Waals surface area contributed by atoms with Crippen molar-refractivity contribution in [1.29, 1.82) is 0 Å². The second-order valence-corrected chi connectivity index (χ2v) is 4.58. The molecule has 0 saturated carbocycles. The predicted molar refractivity (Wildman–Crippen MR) is 63.3 cm³/mol. The van der Waals surface area contributed by atoms with Crippen LogP contribution in [0.25, 0.3) is 0 Å². The first-order valence-electron chi connectivity index (χ1n) is 6.38. The Labute approximate surface area is 102 Å². The van der Waals surface area contributed by atoms with Gasteiger partial charge in [-0.3, -0.25) is 0 Å². The van der Waals surface area contributed by atoms with E-state index in [0.29, 0.717) is 12.0 Å². The molecule has 6 heteroatoms. The van der Waals surface area contributed by atoms with Gasteiger partial charge in [-0.25, -0.2) is 4.68 Å². The average molecular weight is 239 g/mol. The van der Waals surface area contributed by atoms with Crippen LogP contribution in [0.5, 0.6) is 0 Å². The molecule has 17 heavy (non-hydrogen) atoms. The molecule has 0 spiro atoms. The molecular formula is C11H21N5O. The van der Waals surface area contributed by atoms with Crippen molar-refractivity contribution in [2.75, 3.05) is 13.2 Å². The third kappa shape index (κ3) is 3.23. The van der Waals surface area contributed by atoms with E-state index in [2.05, 4.69) is 34.7 Å². The number of aromatic nitrogens is 4. The first-order chi connectivity index (χ1) is 8.31. The van der Waals surface area contributed by atoms with Crippen LogP contribution in [0.4, 0.5) is 0 Å². The number of hydrogen-bond acceptors (Lipinski definition) is 5. The molecule has 6 nitrogen and oxygen atoms in total. The zero-order valence-electron chi connectivity index (χ0n) is 10.6. The van der Waals surface area contributed by atoms with Gasteiger partial charge in [-0.1, -0.05) is 6.92 Å². The molecule has 0 aliphatic carbocycles. The van der Waals surface area contributed by atoms with Gasteiger partial charge in [-0.2, -0.15) is 0 Å². The topological polar surface area (TPSA) is 64.9 Å². The number of ether oxygens (including phenoxy) is 1. The summed E-state index contributed by atoms with van der Waals surface area (Å²) in [6.07, 6.45) is 2.54. The molecule has 1 aliphatic rings. The van der Waals surface area contributed by atoms with Crippen molar-refractivity contribution >= 4 is 0 Å².